The van der Waals surface area contributed by atoms with Crippen LogP contribution in [-0.2, 0) is 0 Å². The zero-order valence-corrected chi connectivity index (χ0v) is 15.0. The Kier molecular flexibility index (Phi) is 5.32. The van der Waals surface area contributed by atoms with Crippen LogP contribution < -0.4 is 5.32 Å². The van der Waals surface area contributed by atoms with Gasteiger partial charge in [-0.2, -0.15) is 0 Å². The maximum Gasteiger partial charge on any atom is 0.322 e. The molecule has 0 heterocycles. The Labute approximate surface area is 143 Å². The van der Waals surface area contributed by atoms with E-state index in [0.717, 1.165) is 22.4 Å². The largest absolute Gasteiger partial charge is 0.322 e. The van der Waals surface area contributed by atoms with E-state index in [9.17, 15) is 4.79 Å². The fraction of sp³-hybridized carbons (Fsp3) is 0.316. The van der Waals surface area contributed by atoms with E-state index >= 15 is 0 Å². The van der Waals surface area contributed by atoms with Gasteiger partial charge in [-0.15, -0.1) is 0 Å². The lowest BCUT2D eigenvalue weighted by molar-refractivity contribution is 0.208. The van der Waals surface area contributed by atoms with E-state index in [1.54, 1.807) is 11.9 Å². The zero-order valence-electron chi connectivity index (χ0n) is 14.3. The van der Waals surface area contributed by atoms with Crippen molar-refractivity contribution in [1.29, 1.82) is 0 Å². The summed E-state index contributed by atoms with van der Waals surface area (Å²) in [5.74, 6) is 0. The Balaban J connectivity index is 2.15. The van der Waals surface area contributed by atoms with Gasteiger partial charge in [-0.3, -0.25) is 0 Å². The Morgan fingerprint density at radius 2 is 1.61 bits per heavy atom. The topological polar surface area (TPSA) is 32.3 Å². The quantitative estimate of drug-likeness (QED) is 0.792. The molecule has 0 aliphatic carbocycles. The predicted molar refractivity (Wildman–Crippen MR) is 97.3 cm³/mol. The van der Waals surface area contributed by atoms with Gasteiger partial charge in [-0.05, 0) is 56.5 Å². The van der Waals surface area contributed by atoms with Gasteiger partial charge in [0.05, 0.1) is 6.04 Å². The average Bonchev–Trinajstić information content (AvgIpc) is 2.50. The number of amides is 2. The SMILES string of the molecule is Cc1cc(C)c(NC(=O)N(C)C(C)c2ccc(Cl)cc2)c(C)c1. The summed E-state index contributed by atoms with van der Waals surface area (Å²) in [5.41, 5.74) is 5.27. The van der Waals surface area contributed by atoms with E-state index < -0.39 is 0 Å². The summed E-state index contributed by atoms with van der Waals surface area (Å²) in [4.78, 5) is 14.3. The number of hydrogen-bond donors (Lipinski definition) is 1. The molecule has 0 saturated heterocycles. The third kappa shape index (κ3) is 4.05. The van der Waals surface area contributed by atoms with Gasteiger partial charge in [0.2, 0.25) is 0 Å². The zero-order chi connectivity index (χ0) is 17.1. The van der Waals surface area contributed by atoms with Gasteiger partial charge in [0.25, 0.3) is 0 Å². The summed E-state index contributed by atoms with van der Waals surface area (Å²) in [7, 11) is 1.80. The molecule has 0 spiro atoms. The number of halogens is 1. The number of hydrogen-bond acceptors (Lipinski definition) is 1. The molecule has 2 aromatic carbocycles. The lowest BCUT2D eigenvalue weighted by atomic mass is 10.1. The van der Waals surface area contributed by atoms with Crippen LogP contribution in [0.25, 0.3) is 0 Å². The summed E-state index contributed by atoms with van der Waals surface area (Å²) in [5, 5.41) is 3.72. The molecule has 0 aliphatic rings. The Morgan fingerprint density at radius 1 is 1.09 bits per heavy atom. The van der Waals surface area contributed by atoms with E-state index in [4.69, 9.17) is 11.6 Å². The first-order valence-electron chi connectivity index (χ1n) is 7.66. The van der Waals surface area contributed by atoms with E-state index in [1.165, 1.54) is 5.56 Å². The standard InChI is InChI=1S/C19H23ClN2O/c1-12-10-13(2)18(14(3)11-12)21-19(23)22(5)15(4)16-6-8-17(20)9-7-16/h6-11,15H,1-5H3,(H,21,23). The molecule has 23 heavy (non-hydrogen) atoms. The molecular formula is C19H23ClN2O. The second-order valence-electron chi connectivity index (χ2n) is 6.04. The molecule has 0 aliphatic heterocycles. The lowest BCUT2D eigenvalue weighted by Gasteiger charge is -2.26. The van der Waals surface area contributed by atoms with E-state index in [2.05, 4.69) is 24.4 Å². The summed E-state index contributed by atoms with van der Waals surface area (Å²) in [6.07, 6.45) is 0. The van der Waals surface area contributed by atoms with Crippen LogP contribution in [0, 0.1) is 20.8 Å². The number of carbonyl (C=O) groups is 1. The van der Waals surface area contributed by atoms with Crippen molar-refractivity contribution in [3.05, 3.63) is 63.7 Å². The smallest absolute Gasteiger partial charge is 0.321 e. The van der Waals surface area contributed by atoms with Crippen molar-refractivity contribution >= 4 is 23.3 Å². The maximum absolute atomic E-state index is 12.6. The van der Waals surface area contributed by atoms with Crippen LogP contribution in [0.2, 0.25) is 5.02 Å². The summed E-state index contributed by atoms with van der Waals surface area (Å²) >= 11 is 5.92. The molecule has 2 aromatic rings. The van der Waals surface area contributed by atoms with E-state index in [-0.39, 0.29) is 12.1 Å². The normalized spacial score (nSPS) is 11.9. The van der Waals surface area contributed by atoms with Crippen molar-refractivity contribution in [2.75, 3.05) is 12.4 Å². The highest BCUT2D eigenvalue weighted by atomic mass is 35.5. The van der Waals surface area contributed by atoms with Gasteiger partial charge in [-0.1, -0.05) is 41.4 Å². The number of aryl methyl sites for hydroxylation is 3. The number of benzene rings is 2. The van der Waals surface area contributed by atoms with Gasteiger partial charge in [-0.25, -0.2) is 4.79 Å². The molecule has 0 saturated carbocycles. The summed E-state index contributed by atoms with van der Waals surface area (Å²) < 4.78 is 0. The highest BCUT2D eigenvalue weighted by molar-refractivity contribution is 6.30. The molecule has 2 amide bonds. The van der Waals surface area contributed by atoms with Crippen LogP contribution >= 0.6 is 11.6 Å². The number of carbonyl (C=O) groups excluding carboxylic acids is 1. The Hall–Kier alpha value is -2.00. The first-order chi connectivity index (χ1) is 10.8. The van der Waals surface area contributed by atoms with Crippen molar-refractivity contribution in [3.63, 3.8) is 0 Å². The molecule has 0 radical (unpaired) electrons. The highest BCUT2D eigenvalue weighted by Crippen LogP contribution is 2.25. The number of nitrogens with one attached hydrogen (secondary N) is 1. The Morgan fingerprint density at radius 3 is 2.13 bits per heavy atom. The van der Waals surface area contributed by atoms with Crippen LogP contribution in [0.1, 0.15) is 35.2 Å². The summed E-state index contributed by atoms with van der Waals surface area (Å²) in [6.45, 7) is 8.08. The molecule has 3 nitrogen and oxygen atoms in total. The molecule has 122 valence electrons. The van der Waals surface area contributed by atoms with Crippen molar-refractivity contribution in [2.45, 2.75) is 33.7 Å². The van der Waals surface area contributed by atoms with Gasteiger partial charge in [0.1, 0.15) is 0 Å². The van der Waals surface area contributed by atoms with Gasteiger partial charge in [0.15, 0.2) is 0 Å². The van der Waals surface area contributed by atoms with Crippen LogP contribution in [0.3, 0.4) is 0 Å². The molecule has 0 aromatic heterocycles. The average molecular weight is 331 g/mol. The fourth-order valence-corrected chi connectivity index (χ4v) is 2.84. The van der Waals surface area contributed by atoms with Crippen LogP contribution in [-0.4, -0.2) is 18.0 Å². The minimum Gasteiger partial charge on any atom is -0.321 e. The van der Waals surface area contributed by atoms with Crippen molar-refractivity contribution in [1.82, 2.24) is 4.90 Å². The number of anilines is 1. The van der Waals surface area contributed by atoms with Crippen molar-refractivity contribution in [3.8, 4) is 0 Å². The van der Waals surface area contributed by atoms with Crippen molar-refractivity contribution < 1.29 is 4.79 Å². The molecule has 1 atom stereocenters. The van der Waals surface area contributed by atoms with Crippen LogP contribution in [0.5, 0.6) is 0 Å². The van der Waals surface area contributed by atoms with Gasteiger partial charge < -0.3 is 10.2 Å². The summed E-state index contributed by atoms with van der Waals surface area (Å²) in [6, 6.07) is 11.6. The first-order valence-corrected chi connectivity index (χ1v) is 8.04. The molecule has 0 fully saturated rings. The third-order valence-electron chi connectivity index (χ3n) is 4.16. The Bertz CT molecular complexity index is 687. The number of urea groups is 1. The molecule has 2 rings (SSSR count). The number of nitrogens with zero attached hydrogens (tertiary/aromatic N) is 1. The minimum absolute atomic E-state index is 0.0432. The molecular weight excluding hydrogens is 308 g/mol. The van der Waals surface area contributed by atoms with Crippen molar-refractivity contribution in [2.24, 2.45) is 0 Å². The first kappa shape index (κ1) is 17.4. The predicted octanol–water partition coefficient (Wildman–Crippen LogP) is 5.49. The molecule has 4 heteroatoms. The minimum atomic E-state index is -0.123. The third-order valence-corrected chi connectivity index (χ3v) is 4.41. The second-order valence-corrected chi connectivity index (χ2v) is 6.48. The van der Waals surface area contributed by atoms with E-state index in [1.807, 2.05) is 45.0 Å². The lowest BCUT2D eigenvalue weighted by Crippen LogP contribution is -2.34. The van der Waals surface area contributed by atoms with Gasteiger partial charge in [0, 0.05) is 17.8 Å². The number of rotatable bonds is 3. The molecule has 1 unspecified atom stereocenters. The molecule has 0 bridgehead atoms. The monoisotopic (exact) mass is 330 g/mol. The molecule has 1 N–H and O–H groups in total. The van der Waals surface area contributed by atoms with Gasteiger partial charge >= 0.3 is 6.03 Å². The van der Waals surface area contributed by atoms with Crippen LogP contribution in [0.15, 0.2) is 36.4 Å². The highest BCUT2D eigenvalue weighted by Gasteiger charge is 2.18. The van der Waals surface area contributed by atoms with Crippen LogP contribution in [0.4, 0.5) is 10.5 Å². The maximum atomic E-state index is 12.6. The van der Waals surface area contributed by atoms with E-state index in [0.29, 0.717) is 5.02 Å². The fourth-order valence-electron chi connectivity index (χ4n) is 2.71. The second kappa shape index (κ2) is 7.05.